The summed E-state index contributed by atoms with van der Waals surface area (Å²) in [5.41, 5.74) is 1.04. The molecule has 176 valence electrons. The summed E-state index contributed by atoms with van der Waals surface area (Å²) in [4.78, 5) is 4.11. The molecule has 1 aromatic heterocycles. The van der Waals surface area contributed by atoms with Crippen LogP contribution < -0.4 is 10.5 Å². The van der Waals surface area contributed by atoms with Gasteiger partial charge >= 0.3 is 0 Å². The molecule has 0 bridgehead atoms. The second kappa shape index (κ2) is 9.75. The molecular weight excluding hydrogens is 467 g/mol. The third kappa shape index (κ3) is 5.50. The molecule has 0 unspecified atom stereocenters. The molecular formula is C23H20F3N5O2S. The van der Waals surface area contributed by atoms with E-state index < -0.39 is 27.5 Å². The van der Waals surface area contributed by atoms with E-state index in [4.69, 9.17) is 5.14 Å². The highest BCUT2D eigenvalue weighted by Crippen LogP contribution is 2.20. The summed E-state index contributed by atoms with van der Waals surface area (Å²) in [6.07, 6.45) is 0.322. The number of hydrogen-bond donors (Lipinski definition) is 2. The molecule has 3 aromatic carbocycles. The molecule has 0 radical (unpaired) electrons. The molecule has 0 atom stereocenters. The van der Waals surface area contributed by atoms with Crippen molar-refractivity contribution in [3.63, 3.8) is 0 Å². The first-order chi connectivity index (χ1) is 16.2. The zero-order valence-electron chi connectivity index (χ0n) is 17.7. The number of aromatic nitrogens is 3. The summed E-state index contributed by atoms with van der Waals surface area (Å²) in [6.45, 7) is 0.130. The van der Waals surface area contributed by atoms with Crippen LogP contribution in [0, 0.1) is 17.5 Å². The topological polar surface area (TPSA) is 103 Å². The highest BCUT2D eigenvalue weighted by atomic mass is 32.2. The van der Waals surface area contributed by atoms with Gasteiger partial charge in [-0.05, 0) is 42.0 Å². The van der Waals surface area contributed by atoms with Gasteiger partial charge in [-0.25, -0.2) is 36.4 Å². The predicted molar refractivity (Wildman–Crippen MR) is 119 cm³/mol. The van der Waals surface area contributed by atoms with Crippen LogP contribution in [-0.2, 0) is 29.5 Å². The molecule has 4 aromatic rings. The van der Waals surface area contributed by atoms with Gasteiger partial charge in [0.25, 0.3) is 0 Å². The number of nitrogens with one attached hydrogen (secondary N) is 1. The van der Waals surface area contributed by atoms with Crippen molar-refractivity contribution in [1.29, 1.82) is 0 Å². The van der Waals surface area contributed by atoms with Crippen LogP contribution in [0.25, 0.3) is 5.69 Å². The van der Waals surface area contributed by atoms with Gasteiger partial charge in [0.2, 0.25) is 10.0 Å². The van der Waals surface area contributed by atoms with Gasteiger partial charge < -0.3 is 5.32 Å². The smallest absolute Gasteiger partial charge is 0.238 e. The van der Waals surface area contributed by atoms with E-state index in [1.165, 1.54) is 16.8 Å². The number of nitrogens with zero attached hydrogens (tertiary/aromatic N) is 3. The molecule has 0 aliphatic carbocycles. The quantitative estimate of drug-likeness (QED) is 0.397. The van der Waals surface area contributed by atoms with Crippen LogP contribution in [0.3, 0.4) is 0 Å². The SMILES string of the molecule is NS(=O)(=O)c1ccc(-n2nc(CNCc3cc(F)ccc3F)nc2Cc2ccccc2)c(F)c1. The van der Waals surface area contributed by atoms with Crippen molar-refractivity contribution in [3.05, 3.63) is 107 Å². The number of benzene rings is 3. The molecule has 0 saturated carbocycles. The number of primary sulfonamides is 1. The van der Waals surface area contributed by atoms with Gasteiger partial charge in [0, 0.05) is 18.5 Å². The van der Waals surface area contributed by atoms with E-state index in [9.17, 15) is 21.6 Å². The summed E-state index contributed by atoms with van der Waals surface area (Å²) in [7, 11) is -4.08. The highest BCUT2D eigenvalue weighted by molar-refractivity contribution is 7.89. The Labute approximate surface area is 194 Å². The summed E-state index contributed by atoms with van der Waals surface area (Å²) < 4.78 is 66.5. The molecule has 0 aliphatic rings. The fourth-order valence-electron chi connectivity index (χ4n) is 3.38. The summed E-state index contributed by atoms with van der Waals surface area (Å²) >= 11 is 0. The first kappa shape index (κ1) is 23.6. The molecule has 0 spiro atoms. The Morgan fingerprint density at radius 3 is 2.38 bits per heavy atom. The Balaban J connectivity index is 1.63. The summed E-state index contributed by atoms with van der Waals surface area (Å²) in [5.74, 6) is -1.25. The second-order valence-electron chi connectivity index (χ2n) is 7.52. The first-order valence-electron chi connectivity index (χ1n) is 10.2. The van der Waals surface area contributed by atoms with Crippen molar-refractivity contribution in [2.75, 3.05) is 0 Å². The minimum absolute atomic E-state index is 0.00624. The number of nitrogens with two attached hydrogens (primary N) is 1. The van der Waals surface area contributed by atoms with Gasteiger partial charge in [-0.3, -0.25) is 0 Å². The molecule has 0 aliphatic heterocycles. The highest BCUT2D eigenvalue weighted by Gasteiger charge is 2.18. The van der Waals surface area contributed by atoms with Gasteiger partial charge in [-0.15, -0.1) is 5.10 Å². The Morgan fingerprint density at radius 1 is 0.912 bits per heavy atom. The average Bonchev–Trinajstić information content (AvgIpc) is 3.18. The number of hydrogen-bond acceptors (Lipinski definition) is 5. The van der Waals surface area contributed by atoms with Gasteiger partial charge in [0.1, 0.15) is 29.0 Å². The predicted octanol–water partition coefficient (Wildman–Crippen LogP) is 3.21. The normalized spacial score (nSPS) is 11.6. The largest absolute Gasteiger partial charge is 0.306 e. The van der Waals surface area contributed by atoms with E-state index in [0.717, 1.165) is 29.8 Å². The van der Waals surface area contributed by atoms with Crippen molar-refractivity contribution in [3.8, 4) is 5.69 Å². The Morgan fingerprint density at radius 2 is 1.68 bits per heavy atom. The van der Waals surface area contributed by atoms with Gasteiger partial charge in [0.15, 0.2) is 5.82 Å². The van der Waals surface area contributed by atoms with Crippen LogP contribution in [0.1, 0.15) is 22.8 Å². The Kier molecular flexibility index (Phi) is 6.77. The second-order valence-corrected chi connectivity index (χ2v) is 9.08. The van der Waals surface area contributed by atoms with Gasteiger partial charge in [-0.1, -0.05) is 30.3 Å². The first-order valence-corrected chi connectivity index (χ1v) is 11.7. The lowest BCUT2D eigenvalue weighted by Gasteiger charge is -2.08. The van der Waals surface area contributed by atoms with E-state index >= 15 is 0 Å². The van der Waals surface area contributed by atoms with Crippen molar-refractivity contribution < 1.29 is 21.6 Å². The van der Waals surface area contributed by atoms with Crippen LogP contribution >= 0.6 is 0 Å². The summed E-state index contributed by atoms with van der Waals surface area (Å²) in [6, 6.07) is 15.8. The number of halogens is 3. The number of sulfonamides is 1. The zero-order chi connectivity index (χ0) is 24.3. The van der Waals surface area contributed by atoms with Crippen LogP contribution in [-0.4, -0.2) is 23.2 Å². The maximum atomic E-state index is 14.8. The zero-order valence-corrected chi connectivity index (χ0v) is 18.6. The van der Waals surface area contributed by atoms with E-state index in [0.29, 0.717) is 12.2 Å². The van der Waals surface area contributed by atoms with Crippen molar-refractivity contribution >= 4 is 10.0 Å². The van der Waals surface area contributed by atoms with Gasteiger partial charge in [0.05, 0.1) is 11.4 Å². The fraction of sp³-hybridized carbons (Fsp3) is 0.130. The van der Waals surface area contributed by atoms with Gasteiger partial charge in [-0.2, -0.15) is 0 Å². The van der Waals surface area contributed by atoms with E-state index in [1.807, 2.05) is 30.3 Å². The maximum absolute atomic E-state index is 14.8. The monoisotopic (exact) mass is 487 g/mol. The lowest BCUT2D eigenvalue weighted by Crippen LogP contribution is -2.15. The Bertz CT molecular complexity index is 1430. The van der Waals surface area contributed by atoms with Crippen molar-refractivity contribution in [1.82, 2.24) is 20.1 Å². The standard InChI is InChI=1S/C23H20F3N5O2S/c24-17-6-8-19(25)16(11-17)13-28-14-22-29-23(10-15-4-2-1-3-5-15)31(30-22)21-9-7-18(12-20(21)26)34(27,32)33/h1-9,11-12,28H,10,13-14H2,(H2,27,32,33). The van der Waals surface area contributed by atoms with Crippen LogP contribution in [0.5, 0.6) is 0 Å². The molecule has 11 heteroatoms. The minimum atomic E-state index is -4.08. The molecule has 1 heterocycles. The van der Waals surface area contributed by atoms with Crippen LogP contribution in [0.4, 0.5) is 13.2 Å². The molecule has 3 N–H and O–H groups in total. The van der Waals surface area contributed by atoms with Crippen molar-refractivity contribution in [2.24, 2.45) is 5.14 Å². The molecule has 4 rings (SSSR count). The van der Waals surface area contributed by atoms with Crippen LogP contribution in [0.2, 0.25) is 0 Å². The Hall–Kier alpha value is -3.54. The molecule has 34 heavy (non-hydrogen) atoms. The number of rotatable bonds is 8. The average molecular weight is 488 g/mol. The van der Waals surface area contributed by atoms with Crippen molar-refractivity contribution in [2.45, 2.75) is 24.4 Å². The van der Waals surface area contributed by atoms with E-state index in [2.05, 4.69) is 15.4 Å². The lowest BCUT2D eigenvalue weighted by molar-refractivity contribution is 0.564. The van der Waals surface area contributed by atoms with E-state index in [-0.39, 0.29) is 35.1 Å². The molecule has 7 nitrogen and oxygen atoms in total. The maximum Gasteiger partial charge on any atom is 0.238 e. The molecule has 0 amide bonds. The lowest BCUT2D eigenvalue weighted by atomic mass is 10.1. The minimum Gasteiger partial charge on any atom is -0.306 e. The third-order valence-corrected chi connectivity index (χ3v) is 5.92. The third-order valence-electron chi connectivity index (χ3n) is 5.01. The molecule has 0 saturated heterocycles. The molecule has 0 fully saturated rings. The fourth-order valence-corrected chi connectivity index (χ4v) is 3.90. The van der Waals surface area contributed by atoms with Crippen LogP contribution in [0.15, 0.2) is 71.6 Å². The van der Waals surface area contributed by atoms with E-state index in [1.54, 1.807) is 0 Å². The summed E-state index contributed by atoms with van der Waals surface area (Å²) in [5, 5.41) is 12.4.